The molecule has 5 rings (SSSR count). The molecule has 2 saturated carbocycles. The van der Waals surface area contributed by atoms with Gasteiger partial charge in [-0.3, -0.25) is 9.58 Å². The van der Waals surface area contributed by atoms with Gasteiger partial charge in [-0.05, 0) is 43.2 Å². The second kappa shape index (κ2) is 7.23. The van der Waals surface area contributed by atoms with E-state index in [-0.39, 0.29) is 0 Å². The predicted octanol–water partition coefficient (Wildman–Crippen LogP) is 2.91. The van der Waals surface area contributed by atoms with Crippen LogP contribution >= 0.6 is 0 Å². The van der Waals surface area contributed by atoms with Gasteiger partial charge in [0.25, 0.3) is 0 Å². The van der Waals surface area contributed by atoms with E-state index in [0.29, 0.717) is 23.9 Å². The van der Waals surface area contributed by atoms with Gasteiger partial charge in [-0.1, -0.05) is 32.1 Å². The molecule has 0 aromatic carbocycles. The van der Waals surface area contributed by atoms with Gasteiger partial charge < -0.3 is 5.73 Å². The number of fused-ring (bicyclic) bond motifs is 1. The van der Waals surface area contributed by atoms with Crippen LogP contribution < -0.4 is 5.73 Å². The van der Waals surface area contributed by atoms with Crippen molar-refractivity contribution >= 4 is 0 Å². The Morgan fingerprint density at radius 3 is 2.64 bits per heavy atom. The first-order chi connectivity index (χ1) is 13.6. The van der Waals surface area contributed by atoms with Crippen LogP contribution in [-0.2, 0) is 13.6 Å². The van der Waals surface area contributed by atoms with E-state index in [1.165, 1.54) is 38.5 Å². The highest BCUT2D eigenvalue weighted by Crippen LogP contribution is 2.51. The third-order valence-corrected chi connectivity index (χ3v) is 7.32. The average molecular weight is 381 g/mol. The number of likely N-dealkylation sites (tertiary alicyclic amines) is 1. The molecule has 4 atom stereocenters. The molecule has 150 valence electrons. The van der Waals surface area contributed by atoms with Crippen molar-refractivity contribution in [2.24, 2.45) is 30.5 Å². The molecule has 1 aliphatic heterocycles. The van der Waals surface area contributed by atoms with Crippen LogP contribution in [0, 0.1) is 24.7 Å². The Morgan fingerprint density at radius 2 is 1.96 bits per heavy atom. The summed E-state index contributed by atoms with van der Waals surface area (Å²) in [5.41, 5.74) is 10.4. The molecule has 2 aromatic heterocycles. The van der Waals surface area contributed by atoms with Crippen LogP contribution in [0.3, 0.4) is 0 Å². The number of aryl methyl sites for hydroxylation is 2. The summed E-state index contributed by atoms with van der Waals surface area (Å²) in [5.74, 6) is 2.32. The lowest BCUT2D eigenvalue weighted by molar-refractivity contribution is 0.160. The van der Waals surface area contributed by atoms with E-state index in [2.05, 4.69) is 32.3 Å². The van der Waals surface area contributed by atoms with Gasteiger partial charge in [0.2, 0.25) is 0 Å². The summed E-state index contributed by atoms with van der Waals surface area (Å²) in [4.78, 5) is 2.65. The lowest BCUT2D eigenvalue weighted by Crippen LogP contribution is -2.38. The summed E-state index contributed by atoms with van der Waals surface area (Å²) in [5, 5.41) is 13.5. The number of hydrogen-bond donors (Lipinski definition) is 1. The van der Waals surface area contributed by atoms with Crippen LogP contribution in [0.4, 0.5) is 0 Å². The zero-order chi connectivity index (χ0) is 19.3. The lowest BCUT2D eigenvalue weighted by Gasteiger charge is -2.32. The van der Waals surface area contributed by atoms with Gasteiger partial charge in [0.15, 0.2) is 0 Å². The average Bonchev–Trinajstić information content (AvgIpc) is 3.00. The Morgan fingerprint density at radius 1 is 1.14 bits per heavy atom. The first kappa shape index (κ1) is 18.3. The molecule has 0 bridgehead atoms. The van der Waals surface area contributed by atoms with E-state index in [4.69, 9.17) is 5.73 Å². The molecule has 1 saturated heterocycles. The second-order valence-electron chi connectivity index (χ2n) is 9.27. The molecule has 0 amide bonds. The third-order valence-electron chi connectivity index (χ3n) is 7.32. The molecule has 3 heterocycles. The minimum absolute atomic E-state index is 0.437. The summed E-state index contributed by atoms with van der Waals surface area (Å²) >= 11 is 0. The summed E-state index contributed by atoms with van der Waals surface area (Å²) in [7, 11) is 1.94. The Kier molecular flexibility index (Phi) is 4.71. The number of aromatic nitrogens is 4. The Hall–Kier alpha value is -1.79. The number of nitrogens with two attached hydrogens (primary N) is 1. The van der Waals surface area contributed by atoms with Crippen LogP contribution in [-0.4, -0.2) is 43.5 Å². The monoisotopic (exact) mass is 380 g/mol. The fraction of sp³-hybridized carbons (Fsp3) is 0.682. The molecule has 2 aliphatic carbocycles. The highest BCUT2D eigenvalue weighted by Gasteiger charge is 2.59. The Labute approximate surface area is 167 Å². The van der Waals surface area contributed by atoms with E-state index in [9.17, 15) is 0 Å². The van der Waals surface area contributed by atoms with Gasteiger partial charge in [0.05, 0.1) is 17.1 Å². The first-order valence-electron chi connectivity index (χ1n) is 10.9. The summed E-state index contributed by atoms with van der Waals surface area (Å²) in [6.07, 6.45) is 10.4. The molecule has 6 nitrogen and oxygen atoms in total. The van der Waals surface area contributed by atoms with Crippen molar-refractivity contribution in [1.82, 2.24) is 24.9 Å². The van der Waals surface area contributed by atoms with Gasteiger partial charge in [-0.2, -0.15) is 15.3 Å². The fourth-order valence-electron chi connectivity index (χ4n) is 5.76. The number of rotatable bonds is 5. The molecular formula is C22H32N6. The highest BCUT2D eigenvalue weighted by atomic mass is 15.3. The fourth-order valence-corrected chi connectivity index (χ4v) is 5.76. The molecule has 6 heteroatoms. The van der Waals surface area contributed by atoms with Crippen LogP contribution in [0.5, 0.6) is 0 Å². The minimum Gasteiger partial charge on any atom is -0.327 e. The maximum atomic E-state index is 6.36. The molecule has 2 N–H and O–H groups in total. The van der Waals surface area contributed by atoms with Gasteiger partial charge in [0.1, 0.15) is 0 Å². The van der Waals surface area contributed by atoms with Crippen molar-refractivity contribution in [1.29, 1.82) is 0 Å². The van der Waals surface area contributed by atoms with Crippen LogP contribution in [0.15, 0.2) is 18.3 Å². The third kappa shape index (κ3) is 3.37. The van der Waals surface area contributed by atoms with Crippen molar-refractivity contribution in [2.75, 3.05) is 6.54 Å². The summed E-state index contributed by atoms with van der Waals surface area (Å²) in [6, 6.07) is 5.30. The zero-order valence-electron chi connectivity index (χ0n) is 17.1. The van der Waals surface area contributed by atoms with Gasteiger partial charge in [-0.15, -0.1) is 0 Å². The molecule has 4 unspecified atom stereocenters. The van der Waals surface area contributed by atoms with Crippen LogP contribution in [0.2, 0.25) is 0 Å². The maximum Gasteiger partial charge on any atom is 0.0964 e. The standard InChI is InChI=1S/C22H32N6/c1-14-17(12-27(2)26-14)19-9-8-16(24-25-19)11-28-13-18-21(22(18)23)20(28)10-15-6-4-3-5-7-15/h8-9,12,15,18,20-22H,3-7,10-11,13,23H2,1-2H3. The largest absolute Gasteiger partial charge is 0.327 e. The zero-order valence-corrected chi connectivity index (χ0v) is 17.1. The SMILES string of the molecule is Cc1nn(C)cc1-c1ccc(CN2CC3C(N)C3C2CC2CCCCC2)nn1. The molecular weight excluding hydrogens is 348 g/mol. The molecule has 3 fully saturated rings. The highest BCUT2D eigenvalue weighted by molar-refractivity contribution is 5.60. The van der Waals surface area contributed by atoms with Crippen molar-refractivity contribution in [2.45, 2.75) is 64.1 Å². The lowest BCUT2D eigenvalue weighted by atomic mass is 9.83. The van der Waals surface area contributed by atoms with E-state index in [1.807, 2.05) is 24.9 Å². The van der Waals surface area contributed by atoms with E-state index < -0.39 is 0 Å². The van der Waals surface area contributed by atoms with Crippen molar-refractivity contribution < 1.29 is 0 Å². The van der Waals surface area contributed by atoms with Gasteiger partial charge >= 0.3 is 0 Å². The summed E-state index contributed by atoms with van der Waals surface area (Å²) < 4.78 is 1.83. The van der Waals surface area contributed by atoms with Crippen molar-refractivity contribution in [3.63, 3.8) is 0 Å². The van der Waals surface area contributed by atoms with Gasteiger partial charge in [0, 0.05) is 44.0 Å². The topological polar surface area (TPSA) is 72.9 Å². The van der Waals surface area contributed by atoms with E-state index in [0.717, 1.165) is 41.7 Å². The van der Waals surface area contributed by atoms with Crippen molar-refractivity contribution in [3.8, 4) is 11.3 Å². The molecule has 0 radical (unpaired) electrons. The Balaban J connectivity index is 1.27. The van der Waals surface area contributed by atoms with E-state index in [1.54, 1.807) is 0 Å². The van der Waals surface area contributed by atoms with Crippen LogP contribution in [0.25, 0.3) is 11.3 Å². The minimum atomic E-state index is 0.437. The second-order valence-corrected chi connectivity index (χ2v) is 9.27. The van der Waals surface area contributed by atoms with E-state index >= 15 is 0 Å². The molecule has 28 heavy (non-hydrogen) atoms. The molecule has 0 spiro atoms. The number of hydrogen-bond acceptors (Lipinski definition) is 5. The maximum absolute atomic E-state index is 6.36. The normalized spacial score (nSPS) is 30.5. The molecule has 3 aliphatic rings. The van der Waals surface area contributed by atoms with Gasteiger partial charge in [-0.25, -0.2) is 0 Å². The smallest absolute Gasteiger partial charge is 0.0964 e. The number of nitrogens with zero attached hydrogens (tertiary/aromatic N) is 5. The number of piperidine rings is 1. The quantitative estimate of drug-likeness (QED) is 0.863. The first-order valence-corrected chi connectivity index (χ1v) is 10.9. The molecule has 2 aromatic rings. The summed E-state index contributed by atoms with van der Waals surface area (Å²) in [6.45, 7) is 4.05. The van der Waals surface area contributed by atoms with Crippen LogP contribution in [0.1, 0.15) is 49.9 Å². The van der Waals surface area contributed by atoms with Crippen molar-refractivity contribution in [3.05, 3.63) is 29.7 Å². The predicted molar refractivity (Wildman–Crippen MR) is 109 cm³/mol. The Bertz CT molecular complexity index is 822.